The lowest BCUT2D eigenvalue weighted by Gasteiger charge is -2.17. The average Bonchev–Trinajstić information content (AvgIpc) is 2.32. The Hall–Kier alpha value is -0.855. The maximum atomic E-state index is 5.58. The molecule has 0 amide bonds. The third-order valence-electron chi connectivity index (χ3n) is 2.99. The predicted molar refractivity (Wildman–Crippen MR) is 62.4 cm³/mol. The maximum absolute atomic E-state index is 5.58. The molecule has 2 nitrogen and oxygen atoms in total. The van der Waals surface area contributed by atoms with E-state index in [4.69, 9.17) is 9.31 Å². The van der Waals surface area contributed by atoms with Gasteiger partial charge in [-0.15, -0.1) is 0 Å². The van der Waals surface area contributed by atoms with E-state index in [0.717, 1.165) is 37.2 Å². The molecule has 0 heterocycles. The Morgan fingerprint density at radius 1 is 0.800 bits per heavy atom. The van der Waals surface area contributed by atoms with E-state index in [0.29, 0.717) is 7.69 Å². The smallest absolute Gasteiger partial charge is 0.532 e. The second-order valence-corrected chi connectivity index (χ2v) is 4.24. The zero-order valence-electron chi connectivity index (χ0n) is 9.34. The molecule has 0 saturated carbocycles. The summed E-state index contributed by atoms with van der Waals surface area (Å²) < 4.78 is 11.2. The highest BCUT2D eigenvalue weighted by molar-refractivity contribution is 6.19. The molecule has 0 aromatic carbocycles. The molecule has 0 unspecified atom stereocenters. The topological polar surface area (TPSA) is 18.5 Å². The minimum Gasteiger partial charge on any atom is -0.532 e. The van der Waals surface area contributed by atoms with E-state index in [1.54, 1.807) is 0 Å². The van der Waals surface area contributed by atoms with Crippen LogP contribution in [0.3, 0.4) is 0 Å². The Kier molecular flexibility index (Phi) is 4.18. The van der Waals surface area contributed by atoms with Crippen LogP contribution in [0.1, 0.15) is 51.4 Å². The maximum Gasteiger partial charge on any atom is 0.576 e. The molecule has 0 bridgehead atoms. The summed E-state index contributed by atoms with van der Waals surface area (Å²) in [6, 6.07) is 0. The lowest BCUT2D eigenvalue weighted by molar-refractivity contribution is 0.294. The lowest BCUT2D eigenvalue weighted by Crippen LogP contribution is -2.07. The third-order valence-corrected chi connectivity index (χ3v) is 2.99. The van der Waals surface area contributed by atoms with Gasteiger partial charge in [-0.1, -0.05) is 0 Å². The monoisotopic (exact) mass is 206 g/mol. The summed E-state index contributed by atoms with van der Waals surface area (Å²) in [5.41, 5.74) is 0. The Labute approximate surface area is 92.6 Å². The Balaban J connectivity index is 1.65. The molecule has 2 aliphatic rings. The fraction of sp³-hybridized carbons (Fsp3) is 0.667. The van der Waals surface area contributed by atoms with Crippen molar-refractivity contribution in [2.45, 2.75) is 51.4 Å². The van der Waals surface area contributed by atoms with Crippen LogP contribution in [0.5, 0.6) is 0 Å². The van der Waals surface area contributed by atoms with Crippen molar-refractivity contribution in [2.24, 2.45) is 0 Å². The number of rotatable bonds is 4. The molecule has 0 saturated heterocycles. The minimum absolute atomic E-state index is 0.400. The van der Waals surface area contributed by atoms with Gasteiger partial charge in [-0.05, 0) is 50.7 Å². The summed E-state index contributed by atoms with van der Waals surface area (Å²) in [5, 5.41) is 0. The van der Waals surface area contributed by atoms with Crippen molar-refractivity contribution < 1.29 is 9.31 Å². The summed E-state index contributed by atoms with van der Waals surface area (Å²) in [5.74, 6) is 2.25. The van der Waals surface area contributed by atoms with E-state index in [-0.39, 0.29) is 0 Å². The predicted octanol–water partition coefficient (Wildman–Crippen LogP) is 3.20. The largest absolute Gasteiger partial charge is 0.576 e. The van der Waals surface area contributed by atoms with Crippen molar-refractivity contribution in [1.29, 1.82) is 0 Å². The van der Waals surface area contributed by atoms with Gasteiger partial charge in [-0.25, -0.2) is 0 Å². The molecule has 3 heteroatoms. The molecule has 2 rings (SSSR count). The van der Waals surface area contributed by atoms with E-state index in [9.17, 15) is 0 Å². The Morgan fingerprint density at radius 3 is 1.73 bits per heavy atom. The lowest BCUT2D eigenvalue weighted by atomic mass is 10.1. The quantitative estimate of drug-likeness (QED) is 0.657. The van der Waals surface area contributed by atoms with Crippen molar-refractivity contribution in [1.82, 2.24) is 0 Å². The molecule has 0 spiro atoms. The van der Waals surface area contributed by atoms with E-state index in [1.807, 2.05) is 0 Å². The molecule has 82 valence electrons. The van der Waals surface area contributed by atoms with Crippen molar-refractivity contribution in [3.8, 4) is 0 Å². The van der Waals surface area contributed by atoms with E-state index in [2.05, 4.69) is 12.2 Å². The van der Waals surface area contributed by atoms with Crippen LogP contribution in [0.4, 0.5) is 0 Å². The van der Waals surface area contributed by atoms with Crippen molar-refractivity contribution >= 4 is 7.69 Å². The zero-order valence-corrected chi connectivity index (χ0v) is 9.34. The van der Waals surface area contributed by atoms with Crippen LogP contribution < -0.4 is 0 Å². The molecule has 0 atom stereocenters. The Morgan fingerprint density at radius 2 is 1.33 bits per heavy atom. The first kappa shape index (κ1) is 10.7. The Bertz CT molecular complexity index is 232. The van der Waals surface area contributed by atoms with Gasteiger partial charge in [0.2, 0.25) is 0 Å². The van der Waals surface area contributed by atoms with Crippen LogP contribution in [-0.2, 0) is 9.31 Å². The number of allylic oxidation sites excluding steroid dienone is 4. The van der Waals surface area contributed by atoms with Crippen LogP contribution in [0.2, 0.25) is 0 Å². The number of hydrogen-bond acceptors (Lipinski definition) is 2. The molecule has 15 heavy (non-hydrogen) atoms. The van der Waals surface area contributed by atoms with Crippen LogP contribution in [0.25, 0.3) is 0 Å². The van der Waals surface area contributed by atoms with Gasteiger partial charge < -0.3 is 9.31 Å². The van der Waals surface area contributed by atoms with Gasteiger partial charge >= 0.3 is 7.69 Å². The van der Waals surface area contributed by atoms with Gasteiger partial charge in [-0.3, -0.25) is 0 Å². The van der Waals surface area contributed by atoms with E-state index in [1.165, 1.54) is 25.7 Å². The third kappa shape index (κ3) is 3.65. The molecule has 0 fully saturated rings. The van der Waals surface area contributed by atoms with Crippen LogP contribution >= 0.6 is 0 Å². The number of hydrogen-bond donors (Lipinski definition) is 0. The van der Waals surface area contributed by atoms with Gasteiger partial charge in [0.25, 0.3) is 0 Å². The van der Waals surface area contributed by atoms with Crippen LogP contribution in [-0.4, -0.2) is 7.69 Å². The first-order valence-electron chi connectivity index (χ1n) is 6.09. The highest BCUT2D eigenvalue weighted by Gasteiger charge is 2.08. The normalized spacial score (nSPS) is 21.3. The van der Waals surface area contributed by atoms with Gasteiger partial charge in [0.05, 0.1) is 11.5 Å². The summed E-state index contributed by atoms with van der Waals surface area (Å²) in [7, 11) is 0.400. The van der Waals surface area contributed by atoms with Crippen LogP contribution in [0.15, 0.2) is 23.7 Å². The zero-order chi connectivity index (χ0) is 10.3. The van der Waals surface area contributed by atoms with Crippen molar-refractivity contribution in [3.63, 3.8) is 0 Å². The SMILES string of the molecule is B(OC1=CCCCC1)OC1=CCCCC1. The molecule has 0 aromatic rings. The molecule has 0 aliphatic heterocycles. The molecular weight excluding hydrogens is 187 g/mol. The van der Waals surface area contributed by atoms with Gasteiger partial charge in [0.15, 0.2) is 0 Å². The average molecular weight is 206 g/mol. The second kappa shape index (κ2) is 5.89. The first-order valence-corrected chi connectivity index (χ1v) is 6.09. The first-order chi connectivity index (χ1) is 7.45. The van der Waals surface area contributed by atoms with Gasteiger partial charge in [0, 0.05) is 12.8 Å². The molecular formula is C12H19BO2. The van der Waals surface area contributed by atoms with Crippen LogP contribution in [0, 0.1) is 0 Å². The molecule has 0 N–H and O–H groups in total. The standard InChI is InChI=1S/C12H19BO2/c1-3-7-11(8-4-1)14-13-15-12-9-5-2-6-10-12/h7,9,13H,1-6,8,10H2. The van der Waals surface area contributed by atoms with Gasteiger partial charge in [-0.2, -0.15) is 0 Å². The van der Waals surface area contributed by atoms with Crippen molar-refractivity contribution in [3.05, 3.63) is 23.7 Å². The molecule has 0 radical (unpaired) electrons. The summed E-state index contributed by atoms with van der Waals surface area (Å²) in [4.78, 5) is 0. The molecule has 0 aromatic heterocycles. The highest BCUT2D eigenvalue weighted by atomic mass is 16.6. The van der Waals surface area contributed by atoms with E-state index >= 15 is 0 Å². The fourth-order valence-electron chi connectivity index (χ4n) is 2.06. The molecule has 2 aliphatic carbocycles. The fourth-order valence-corrected chi connectivity index (χ4v) is 2.06. The summed E-state index contributed by atoms with van der Waals surface area (Å²) in [6.07, 6.45) is 14.0. The minimum atomic E-state index is 0.400. The second-order valence-electron chi connectivity index (χ2n) is 4.24. The van der Waals surface area contributed by atoms with Gasteiger partial charge in [0.1, 0.15) is 0 Å². The van der Waals surface area contributed by atoms with E-state index < -0.39 is 0 Å². The summed E-state index contributed by atoms with van der Waals surface area (Å²) >= 11 is 0. The highest BCUT2D eigenvalue weighted by Crippen LogP contribution is 2.20. The van der Waals surface area contributed by atoms with Crippen molar-refractivity contribution in [2.75, 3.05) is 0 Å². The summed E-state index contributed by atoms with van der Waals surface area (Å²) in [6.45, 7) is 0.